The summed E-state index contributed by atoms with van der Waals surface area (Å²) in [6.07, 6.45) is 2.38. The molecule has 1 saturated carbocycles. The maximum Gasteiger partial charge on any atom is 0.237 e. The van der Waals surface area contributed by atoms with Gasteiger partial charge in [-0.05, 0) is 61.6 Å². The van der Waals surface area contributed by atoms with Gasteiger partial charge in [-0.25, -0.2) is 9.29 Å². The fourth-order valence-electron chi connectivity index (χ4n) is 4.25. The molecule has 2 aliphatic rings. The van der Waals surface area contributed by atoms with Gasteiger partial charge in [0.05, 0.1) is 17.5 Å². The summed E-state index contributed by atoms with van der Waals surface area (Å²) in [6, 6.07) is 12.0. The van der Waals surface area contributed by atoms with Crippen LogP contribution in [0.5, 0.6) is 5.75 Å². The Morgan fingerprint density at radius 1 is 1.03 bits per heavy atom. The van der Waals surface area contributed by atoms with Crippen LogP contribution in [0.25, 0.3) is 0 Å². The lowest BCUT2D eigenvalue weighted by atomic mass is 9.76. The number of nitrogens with zero attached hydrogens (tertiary/aromatic N) is 1. The molecular formula is C23H22FNO4. The third-order valence-electron chi connectivity index (χ3n) is 5.82. The quantitative estimate of drug-likeness (QED) is 0.567. The predicted molar refractivity (Wildman–Crippen MR) is 105 cm³/mol. The van der Waals surface area contributed by atoms with E-state index in [1.165, 1.54) is 29.2 Å². The number of ketones is 1. The summed E-state index contributed by atoms with van der Waals surface area (Å²) < 4.78 is 18.7. The van der Waals surface area contributed by atoms with Gasteiger partial charge in [-0.3, -0.25) is 14.4 Å². The van der Waals surface area contributed by atoms with Gasteiger partial charge in [-0.2, -0.15) is 0 Å². The summed E-state index contributed by atoms with van der Waals surface area (Å²) in [4.78, 5) is 39.5. The molecule has 1 aliphatic heterocycles. The van der Waals surface area contributed by atoms with Crippen LogP contribution in [0.1, 0.15) is 36.5 Å². The lowest BCUT2D eigenvalue weighted by Gasteiger charge is -2.25. The van der Waals surface area contributed by atoms with Gasteiger partial charge >= 0.3 is 0 Å². The van der Waals surface area contributed by atoms with E-state index in [1.54, 1.807) is 24.3 Å². The minimum absolute atomic E-state index is 0.187. The highest BCUT2D eigenvalue weighted by Gasteiger charge is 2.50. The van der Waals surface area contributed by atoms with Crippen molar-refractivity contribution in [1.29, 1.82) is 0 Å². The first-order chi connectivity index (χ1) is 14.0. The highest BCUT2D eigenvalue weighted by atomic mass is 19.1. The molecule has 0 bridgehead atoms. The normalized spacial score (nSPS) is 23.8. The van der Waals surface area contributed by atoms with Crippen molar-refractivity contribution in [2.75, 3.05) is 11.5 Å². The van der Waals surface area contributed by atoms with Crippen molar-refractivity contribution < 1.29 is 23.5 Å². The third-order valence-corrected chi connectivity index (χ3v) is 5.82. The van der Waals surface area contributed by atoms with Crippen molar-refractivity contribution in [3.8, 4) is 5.75 Å². The van der Waals surface area contributed by atoms with Crippen molar-refractivity contribution in [3.05, 3.63) is 59.9 Å². The SMILES string of the molecule is C[C@@H]1CC[C@@H]2C(=O)N(c3ccccc3OCC(=O)c3ccc(F)cc3)C(=O)[C@@H]2C1. The van der Waals surface area contributed by atoms with Crippen molar-refractivity contribution in [1.82, 2.24) is 0 Å². The number of fused-ring (bicyclic) bond motifs is 1. The number of carbonyl (C=O) groups excluding carboxylic acids is 3. The van der Waals surface area contributed by atoms with Gasteiger partial charge in [0, 0.05) is 5.56 Å². The molecule has 29 heavy (non-hydrogen) atoms. The van der Waals surface area contributed by atoms with Crippen molar-refractivity contribution in [2.45, 2.75) is 26.2 Å². The first-order valence-corrected chi connectivity index (χ1v) is 9.84. The second kappa shape index (κ2) is 7.78. The van der Waals surface area contributed by atoms with Gasteiger partial charge in [-0.1, -0.05) is 19.1 Å². The lowest BCUT2D eigenvalue weighted by molar-refractivity contribution is -0.122. The molecule has 0 radical (unpaired) electrons. The summed E-state index contributed by atoms with van der Waals surface area (Å²) >= 11 is 0. The average molecular weight is 395 g/mol. The van der Waals surface area contributed by atoms with Gasteiger partial charge in [0.1, 0.15) is 11.6 Å². The Hall–Kier alpha value is -3.02. The minimum Gasteiger partial charge on any atom is -0.483 e. The highest BCUT2D eigenvalue weighted by molar-refractivity contribution is 6.22. The molecule has 3 atom stereocenters. The number of carbonyl (C=O) groups is 3. The zero-order valence-electron chi connectivity index (χ0n) is 16.1. The van der Waals surface area contributed by atoms with Gasteiger partial charge < -0.3 is 4.74 Å². The maximum absolute atomic E-state index is 13.0. The summed E-state index contributed by atoms with van der Waals surface area (Å²) in [7, 11) is 0. The molecule has 2 amide bonds. The molecule has 0 spiro atoms. The van der Waals surface area contributed by atoms with Crippen molar-refractivity contribution in [3.63, 3.8) is 0 Å². The molecule has 150 valence electrons. The number of anilines is 1. The molecule has 1 saturated heterocycles. The van der Waals surface area contributed by atoms with Crippen LogP contribution < -0.4 is 9.64 Å². The summed E-state index contributed by atoms with van der Waals surface area (Å²) in [5.74, 6) is -0.937. The third kappa shape index (κ3) is 3.67. The lowest BCUT2D eigenvalue weighted by Crippen LogP contribution is -2.31. The number of hydrogen-bond acceptors (Lipinski definition) is 4. The number of rotatable bonds is 5. The van der Waals surface area contributed by atoms with Crippen LogP contribution in [0.4, 0.5) is 10.1 Å². The van der Waals surface area contributed by atoms with E-state index in [1.807, 2.05) is 0 Å². The fourth-order valence-corrected chi connectivity index (χ4v) is 4.25. The number of ether oxygens (including phenoxy) is 1. The Kier molecular flexibility index (Phi) is 5.18. The fraction of sp³-hybridized carbons (Fsp3) is 0.348. The molecule has 2 aromatic carbocycles. The smallest absolute Gasteiger partial charge is 0.237 e. The Bertz CT molecular complexity index is 956. The van der Waals surface area contributed by atoms with E-state index in [2.05, 4.69) is 6.92 Å². The molecule has 2 aromatic rings. The number of halogens is 1. The van der Waals surface area contributed by atoms with Gasteiger partial charge in [0.15, 0.2) is 12.4 Å². The summed E-state index contributed by atoms with van der Waals surface area (Å²) in [5.41, 5.74) is 0.702. The Labute approximate surface area is 168 Å². The van der Waals surface area contributed by atoms with Crippen LogP contribution in [0, 0.1) is 23.6 Å². The molecule has 1 heterocycles. The van der Waals surface area contributed by atoms with E-state index >= 15 is 0 Å². The molecule has 0 aromatic heterocycles. The van der Waals surface area contributed by atoms with Crippen molar-refractivity contribution in [2.24, 2.45) is 17.8 Å². The van der Waals surface area contributed by atoms with E-state index in [0.29, 0.717) is 22.9 Å². The van der Waals surface area contributed by atoms with Crippen LogP contribution in [0.3, 0.4) is 0 Å². The van der Waals surface area contributed by atoms with Crippen LogP contribution >= 0.6 is 0 Å². The molecule has 0 N–H and O–H groups in total. The van der Waals surface area contributed by atoms with Crippen molar-refractivity contribution >= 4 is 23.3 Å². The number of Topliss-reactive ketones (excluding diaryl/α,β-unsaturated/α-hetero) is 1. The van der Waals surface area contributed by atoms with Gasteiger partial charge in [-0.15, -0.1) is 0 Å². The highest BCUT2D eigenvalue weighted by Crippen LogP contribution is 2.44. The Morgan fingerprint density at radius 3 is 2.48 bits per heavy atom. The molecule has 5 nitrogen and oxygen atoms in total. The molecule has 0 unspecified atom stereocenters. The minimum atomic E-state index is -0.422. The van der Waals surface area contributed by atoms with E-state index < -0.39 is 5.82 Å². The average Bonchev–Trinajstić information content (AvgIpc) is 2.96. The molecular weight excluding hydrogens is 373 g/mol. The van der Waals surface area contributed by atoms with E-state index in [-0.39, 0.29) is 36.0 Å². The predicted octanol–water partition coefficient (Wildman–Crippen LogP) is 4.01. The van der Waals surface area contributed by atoms with E-state index in [9.17, 15) is 18.8 Å². The number of para-hydroxylation sites is 2. The first kappa shape index (κ1) is 19.3. The number of imide groups is 1. The second-order valence-electron chi connectivity index (χ2n) is 7.83. The van der Waals surface area contributed by atoms with Crippen LogP contribution in [-0.2, 0) is 9.59 Å². The molecule has 1 aliphatic carbocycles. The second-order valence-corrected chi connectivity index (χ2v) is 7.83. The Morgan fingerprint density at radius 2 is 1.72 bits per heavy atom. The summed E-state index contributed by atoms with van der Waals surface area (Å²) in [6.45, 7) is 1.83. The molecule has 2 fully saturated rings. The van der Waals surface area contributed by atoms with Gasteiger partial charge in [0.25, 0.3) is 0 Å². The van der Waals surface area contributed by atoms with E-state index in [0.717, 1.165) is 19.3 Å². The monoisotopic (exact) mass is 395 g/mol. The van der Waals surface area contributed by atoms with Crippen LogP contribution in [0.2, 0.25) is 0 Å². The first-order valence-electron chi connectivity index (χ1n) is 9.84. The van der Waals surface area contributed by atoms with E-state index in [4.69, 9.17) is 4.74 Å². The number of amides is 2. The Balaban J connectivity index is 1.54. The molecule has 4 rings (SSSR count). The standard InChI is InChI=1S/C23H22FNO4/c1-14-6-11-17-18(12-14)23(28)25(22(17)27)19-4-2-3-5-21(19)29-13-20(26)15-7-9-16(24)10-8-15/h2-5,7-10,14,17-18H,6,11-13H2,1H3/t14-,17+,18-/m1/s1. The van der Waals surface area contributed by atoms with Crippen LogP contribution in [-0.4, -0.2) is 24.2 Å². The van der Waals surface area contributed by atoms with Crippen LogP contribution in [0.15, 0.2) is 48.5 Å². The molecule has 6 heteroatoms. The largest absolute Gasteiger partial charge is 0.483 e. The number of benzene rings is 2. The van der Waals surface area contributed by atoms with Gasteiger partial charge in [0.2, 0.25) is 11.8 Å². The topological polar surface area (TPSA) is 63.7 Å². The zero-order chi connectivity index (χ0) is 20.5. The summed E-state index contributed by atoms with van der Waals surface area (Å²) in [5, 5.41) is 0. The number of hydrogen-bond donors (Lipinski definition) is 0. The maximum atomic E-state index is 13.0. The zero-order valence-corrected chi connectivity index (χ0v) is 16.1.